The van der Waals surface area contributed by atoms with E-state index in [0.29, 0.717) is 31.9 Å². The van der Waals surface area contributed by atoms with E-state index in [1.54, 1.807) is 0 Å². The average molecular weight is 448 g/mol. The van der Waals surface area contributed by atoms with Gasteiger partial charge in [-0.3, -0.25) is 4.79 Å². The zero-order valence-electron chi connectivity index (χ0n) is 16.1. The normalized spacial score (nSPS) is 18.7. The minimum Gasteiger partial charge on any atom is -0.490 e. The van der Waals surface area contributed by atoms with E-state index >= 15 is 0 Å². The maximum atomic E-state index is 12.6. The molecule has 2 aromatic carbocycles. The summed E-state index contributed by atoms with van der Waals surface area (Å²) in [5, 5.41) is 3.00. The van der Waals surface area contributed by atoms with E-state index in [9.17, 15) is 4.79 Å². The van der Waals surface area contributed by atoms with Crippen molar-refractivity contribution in [3.8, 4) is 11.5 Å². The van der Waals surface area contributed by atoms with E-state index in [2.05, 4.69) is 44.2 Å². The van der Waals surface area contributed by atoms with Crippen LogP contribution >= 0.6 is 15.9 Å². The van der Waals surface area contributed by atoms with Crippen LogP contribution in [0.25, 0.3) is 0 Å². The van der Waals surface area contributed by atoms with E-state index in [1.165, 1.54) is 0 Å². The lowest BCUT2D eigenvalue weighted by Gasteiger charge is -2.14. The summed E-state index contributed by atoms with van der Waals surface area (Å²) < 4.78 is 12.3. The number of carbonyl (C=O) groups is 1. The fraction of sp³-hybridized carbons (Fsp3) is 0.381. The van der Waals surface area contributed by atoms with Gasteiger partial charge in [-0.05, 0) is 55.7 Å². The molecule has 6 nitrogen and oxygen atoms in total. The van der Waals surface area contributed by atoms with Crippen LogP contribution in [-0.4, -0.2) is 25.2 Å². The summed E-state index contributed by atoms with van der Waals surface area (Å²) in [6, 6.07) is 13.7. The molecule has 0 spiro atoms. The first-order chi connectivity index (χ1) is 13.6. The van der Waals surface area contributed by atoms with E-state index < -0.39 is 0 Å². The minimum absolute atomic E-state index is 0.0287. The lowest BCUT2D eigenvalue weighted by Crippen LogP contribution is -2.42. The highest BCUT2D eigenvalue weighted by molar-refractivity contribution is 9.10. The summed E-state index contributed by atoms with van der Waals surface area (Å²) in [4.78, 5) is 12.6. The third kappa shape index (κ3) is 5.25. The molecule has 1 heterocycles. The first-order valence-corrected chi connectivity index (χ1v) is 10.3. The molecule has 2 aromatic rings. The van der Waals surface area contributed by atoms with Crippen molar-refractivity contribution in [2.75, 3.05) is 13.2 Å². The minimum atomic E-state index is -0.275. The number of hydrogen-bond donors (Lipinski definition) is 3. The van der Waals surface area contributed by atoms with Gasteiger partial charge in [0.25, 0.3) is 0 Å². The smallest absolute Gasteiger partial charge is 0.238 e. The van der Waals surface area contributed by atoms with Crippen molar-refractivity contribution < 1.29 is 14.3 Å². The van der Waals surface area contributed by atoms with E-state index in [4.69, 9.17) is 9.47 Å². The summed E-state index contributed by atoms with van der Waals surface area (Å²) in [7, 11) is 0. The van der Waals surface area contributed by atoms with Gasteiger partial charge in [-0.25, -0.2) is 10.9 Å². The van der Waals surface area contributed by atoms with Crippen molar-refractivity contribution in [3.63, 3.8) is 0 Å². The Morgan fingerprint density at radius 3 is 2.50 bits per heavy atom. The summed E-state index contributed by atoms with van der Waals surface area (Å²) in [6.07, 6.45) is 0.695. The summed E-state index contributed by atoms with van der Waals surface area (Å²) in [5.74, 6) is 1.39. The lowest BCUT2D eigenvalue weighted by molar-refractivity contribution is -0.123. The molecule has 3 N–H and O–H groups in total. The van der Waals surface area contributed by atoms with Crippen LogP contribution < -0.4 is 25.6 Å². The molecule has 1 fully saturated rings. The van der Waals surface area contributed by atoms with Crippen molar-refractivity contribution >= 4 is 21.8 Å². The molecule has 1 amide bonds. The first-order valence-electron chi connectivity index (χ1n) is 9.53. The van der Waals surface area contributed by atoms with Crippen LogP contribution in [0.4, 0.5) is 0 Å². The molecular formula is C21H26BrN3O3. The fourth-order valence-electron chi connectivity index (χ4n) is 3.16. The number of carbonyl (C=O) groups excluding carboxylic acids is 1. The summed E-state index contributed by atoms with van der Waals surface area (Å²) in [5.41, 5.74) is 8.42. The summed E-state index contributed by atoms with van der Waals surface area (Å²) >= 11 is 3.44. The Kier molecular flexibility index (Phi) is 7.30. The molecule has 7 heteroatoms. The van der Waals surface area contributed by atoms with Gasteiger partial charge in [0, 0.05) is 17.1 Å². The van der Waals surface area contributed by atoms with E-state index in [0.717, 1.165) is 21.3 Å². The molecule has 1 saturated heterocycles. The van der Waals surface area contributed by atoms with Crippen LogP contribution in [0.1, 0.15) is 37.4 Å². The zero-order valence-corrected chi connectivity index (χ0v) is 17.7. The quantitative estimate of drug-likeness (QED) is 0.577. The van der Waals surface area contributed by atoms with Gasteiger partial charge in [-0.1, -0.05) is 34.1 Å². The predicted octanol–water partition coefficient (Wildman–Crippen LogP) is 3.47. The third-order valence-corrected chi connectivity index (χ3v) is 5.10. The molecule has 0 aromatic heterocycles. The molecule has 0 bridgehead atoms. The lowest BCUT2D eigenvalue weighted by atomic mass is 10.0. The number of amides is 1. The molecule has 0 radical (unpaired) electrons. The zero-order chi connectivity index (χ0) is 19.9. The second-order valence-corrected chi connectivity index (χ2v) is 7.46. The Hall–Kier alpha value is -2.09. The first kappa shape index (κ1) is 20.6. The van der Waals surface area contributed by atoms with Crippen LogP contribution in [0.5, 0.6) is 11.5 Å². The highest BCUT2D eigenvalue weighted by atomic mass is 79.9. The van der Waals surface area contributed by atoms with Crippen molar-refractivity contribution in [3.05, 3.63) is 58.1 Å². The number of benzene rings is 2. The van der Waals surface area contributed by atoms with Gasteiger partial charge < -0.3 is 14.8 Å². The topological polar surface area (TPSA) is 71.6 Å². The summed E-state index contributed by atoms with van der Waals surface area (Å²) in [6.45, 7) is 5.45. The Labute approximate surface area is 174 Å². The Bertz CT molecular complexity index is 798. The SMILES string of the molecule is CCOc1ccc(CNC(=O)C2CC(c3ccc(Br)cc3)NN2)cc1OCC. The van der Waals surface area contributed by atoms with E-state index in [1.807, 2.05) is 44.2 Å². The molecule has 3 rings (SSSR count). The highest BCUT2D eigenvalue weighted by Crippen LogP contribution is 2.28. The average Bonchev–Trinajstić information content (AvgIpc) is 3.19. The van der Waals surface area contributed by atoms with E-state index in [-0.39, 0.29) is 18.0 Å². The van der Waals surface area contributed by atoms with Crippen LogP contribution in [0.2, 0.25) is 0 Å². The van der Waals surface area contributed by atoms with Crippen LogP contribution in [0, 0.1) is 0 Å². The Morgan fingerprint density at radius 1 is 1.07 bits per heavy atom. The van der Waals surface area contributed by atoms with Gasteiger partial charge >= 0.3 is 0 Å². The van der Waals surface area contributed by atoms with Crippen molar-refractivity contribution in [1.82, 2.24) is 16.2 Å². The predicted molar refractivity (Wildman–Crippen MR) is 112 cm³/mol. The van der Waals surface area contributed by atoms with Gasteiger partial charge in [-0.15, -0.1) is 0 Å². The largest absolute Gasteiger partial charge is 0.490 e. The second kappa shape index (κ2) is 9.91. The molecule has 1 aliphatic heterocycles. The third-order valence-electron chi connectivity index (χ3n) is 4.57. The van der Waals surface area contributed by atoms with Gasteiger partial charge in [0.15, 0.2) is 11.5 Å². The second-order valence-electron chi connectivity index (χ2n) is 6.55. The number of halogens is 1. The van der Waals surface area contributed by atoms with Crippen LogP contribution in [0.3, 0.4) is 0 Å². The standard InChI is InChI=1S/C21H26BrN3O3/c1-3-27-19-10-5-14(11-20(19)28-4-2)13-23-21(26)18-12-17(24-25-18)15-6-8-16(22)9-7-15/h5-11,17-18,24-25H,3-4,12-13H2,1-2H3,(H,23,26). The van der Waals surface area contributed by atoms with Crippen LogP contribution in [0.15, 0.2) is 46.9 Å². The van der Waals surface area contributed by atoms with Gasteiger partial charge in [-0.2, -0.15) is 0 Å². The maximum Gasteiger partial charge on any atom is 0.238 e. The van der Waals surface area contributed by atoms with Gasteiger partial charge in [0.1, 0.15) is 6.04 Å². The highest BCUT2D eigenvalue weighted by Gasteiger charge is 2.29. The number of nitrogens with one attached hydrogen (secondary N) is 3. The Morgan fingerprint density at radius 2 is 1.79 bits per heavy atom. The fourth-order valence-corrected chi connectivity index (χ4v) is 3.42. The van der Waals surface area contributed by atoms with Crippen molar-refractivity contribution in [1.29, 1.82) is 0 Å². The van der Waals surface area contributed by atoms with Crippen molar-refractivity contribution in [2.24, 2.45) is 0 Å². The number of ether oxygens (including phenoxy) is 2. The molecule has 2 atom stereocenters. The van der Waals surface area contributed by atoms with Gasteiger partial charge in [0.2, 0.25) is 5.91 Å². The molecular weight excluding hydrogens is 422 g/mol. The Balaban J connectivity index is 1.55. The molecule has 1 aliphatic rings. The number of rotatable bonds is 8. The molecule has 0 aliphatic carbocycles. The molecule has 28 heavy (non-hydrogen) atoms. The monoisotopic (exact) mass is 447 g/mol. The maximum absolute atomic E-state index is 12.6. The molecule has 0 saturated carbocycles. The molecule has 2 unspecified atom stereocenters. The number of hydrogen-bond acceptors (Lipinski definition) is 5. The number of hydrazine groups is 1. The van der Waals surface area contributed by atoms with Crippen molar-refractivity contribution in [2.45, 2.75) is 38.9 Å². The van der Waals surface area contributed by atoms with Crippen LogP contribution in [-0.2, 0) is 11.3 Å². The van der Waals surface area contributed by atoms with Gasteiger partial charge in [0.05, 0.1) is 13.2 Å². The molecule has 150 valence electrons.